The van der Waals surface area contributed by atoms with Crippen LogP contribution in [0.1, 0.15) is 24.8 Å². The Morgan fingerprint density at radius 3 is 2.89 bits per heavy atom. The summed E-state index contributed by atoms with van der Waals surface area (Å²) >= 11 is 0. The summed E-state index contributed by atoms with van der Waals surface area (Å²) in [6.45, 7) is 1.83. The van der Waals surface area contributed by atoms with Crippen molar-refractivity contribution in [1.82, 2.24) is 10.3 Å². The second-order valence-electron chi connectivity index (χ2n) is 5.40. The topological polar surface area (TPSA) is 34.1 Å². The summed E-state index contributed by atoms with van der Waals surface area (Å²) in [5.41, 5.74) is 1.41. The number of pyridine rings is 1. The number of hydrogen-bond donors (Lipinski definition) is 1. The van der Waals surface area contributed by atoms with E-state index in [1.54, 1.807) is 0 Å². The SMILES string of the molecule is COC1(CNCc2ccc3cnccc3c2)CCC1. The summed E-state index contributed by atoms with van der Waals surface area (Å²) in [5, 5.41) is 5.96. The Labute approximate surface area is 114 Å². The van der Waals surface area contributed by atoms with Gasteiger partial charge in [-0.15, -0.1) is 0 Å². The van der Waals surface area contributed by atoms with Gasteiger partial charge in [0.1, 0.15) is 0 Å². The summed E-state index contributed by atoms with van der Waals surface area (Å²) in [4.78, 5) is 4.13. The van der Waals surface area contributed by atoms with Crippen LogP contribution in [0.5, 0.6) is 0 Å². The van der Waals surface area contributed by atoms with Crippen LogP contribution in [0.4, 0.5) is 0 Å². The van der Waals surface area contributed by atoms with E-state index in [1.807, 2.05) is 19.5 Å². The third kappa shape index (κ3) is 2.62. The van der Waals surface area contributed by atoms with Gasteiger partial charge in [0.2, 0.25) is 0 Å². The maximum atomic E-state index is 5.61. The molecule has 0 radical (unpaired) electrons. The van der Waals surface area contributed by atoms with Crippen molar-refractivity contribution in [3.05, 3.63) is 42.2 Å². The molecule has 1 aromatic heterocycles. The van der Waals surface area contributed by atoms with E-state index >= 15 is 0 Å². The Morgan fingerprint density at radius 2 is 2.16 bits per heavy atom. The van der Waals surface area contributed by atoms with Crippen LogP contribution in [0.15, 0.2) is 36.7 Å². The quantitative estimate of drug-likeness (QED) is 0.893. The molecule has 3 heteroatoms. The van der Waals surface area contributed by atoms with Gasteiger partial charge < -0.3 is 10.1 Å². The highest BCUT2D eigenvalue weighted by atomic mass is 16.5. The van der Waals surface area contributed by atoms with E-state index in [-0.39, 0.29) is 5.60 Å². The highest BCUT2D eigenvalue weighted by Gasteiger charge is 2.36. The standard InChI is InChI=1S/C16H20N2O/c1-19-16(6-2-7-16)12-18-10-13-3-4-15-11-17-8-5-14(15)9-13/h3-5,8-9,11,18H,2,6-7,10,12H2,1H3. The van der Waals surface area contributed by atoms with Gasteiger partial charge in [0.05, 0.1) is 5.60 Å². The lowest BCUT2D eigenvalue weighted by Crippen LogP contribution is -2.47. The molecule has 2 aromatic rings. The Kier molecular flexibility index (Phi) is 3.49. The number of methoxy groups -OCH3 is 1. The average molecular weight is 256 g/mol. The molecule has 1 aliphatic rings. The van der Waals surface area contributed by atoms with Gasteiger partial charge >= 0.3 is 0 Å². The van der Waals surface area contributed by atoms with Crippen molar-refractivity contribution >= 4 is 10.8 Å². The molecule has 1 aliphatic carbocycles. The number of nitrogens with one attached hydrogen (secondary N) is 1. The Balaban J connectivity index is 1.62. The molecule has 3 rings (SSSR count). The van der Waals surface area contributed by atoms with Gasteiger partial charge in [0.15, 0.2) is 0 Å². The molecular formula is C16H20N2O. The molecule has 0 unspecified atom stereocenters. The summed E-state index contributed by atoms with van der Waals surface area (Å²) in [6.07, 6.45) is 7.40. The van der Waals surface area contributed by atoms with Crippen molar-refractivity contribution in [2.24, 2.45) is 0 Å². The largest absolute Gasteiger partial charge is 0.377 e. The third-order valence-electron chi connectivity index (χ3n) is 4.18. The Morgan fingerprint density at radius 1 is 1.26 bits per heavy atom. The lowest BCUT2D eigenvalue weighted by molar-refractivity contribution is -0.0695. The van der Waals surface area contributed by atoms with Crippen LogP contribution in [-0.2, 0) is 11.3 Å². The summed E-state index contributed by atoms with van der Waals surface area (Å²) in [6, 6.07) is 8.58. The van der Waals surface area contributed by atoms with Gasteiger partial charge in [-0.2, -0.15) is 0 Å². The van der Waals surface area contributed by atoms with Crippen LogP contribution < -0.4 is 5.32 Å². The highest BCUT2D eigenvalue weighted by molar-refractivity contribution is 5.81. The fourth-order valence-corrected chi connectivity index (χ4v) is 2.70. The van der Waals surface area contributed by atoms with Gasteiger partial charge in [-0.05, 0) is 42.3 Å². The van der Waals surface area contributed by atoms with Crippen LogP contribution in [-0.4, -0.2) is 24.2 Å². The monoisotopic (exact) mass is 256 g/mol. The highest BCUT2D eigenvalue weighted by Crippen LogP contribution is 2.34. The molecule has 19 heavy (non-hydrogen) atoms. The second-order valence-corrected chi connectivity index (χ2v) is 5.40. The van der Waals surface area contributed by atoms with Crippen molar-refractivity contribution in [2.45, 2.75) is 31.4 Å². The zero-order valence-corrected chi connectivity index (χ0v) is 11.4. The fraction of sp³-hybridized carbons (Fsp3) is 0.438. The molecule has 0 atom stereocenters. The summed E-state index contributed by atoms with van der Waals surface area (Å²) in [5.74, 6) is 0. The van der Waals surface area contributed by atoms with Gasteiger partial charge in [-0.25, -0.2) is 0 Å². The van der Waals surface area contributed by atoms with Gasteiger partial charge in [0, 0.05) is 38.0 Å². The number of ether oxygens (including phenoxy) is 1. The average Bonchev–Trinajstić information content (AvgIpc) is 2.42. The molecule has 0 saturated heterocycles. The predicted octanol–water partition coefficient (Wildman–Crippen LogP) is 2.89. The smallest absolute Gasteiger partial charge is 0.0802 e. The first-order valence-electron chi connectivity index (χ1n) is 6.90. The molecule has 1 heterocycles. The van der Waals surface area contributed by atoms with E-state index in [9.17, 15) is 0 Å². The van der Waals surface area contributed by atoms with Crippen LogP contribution in [0.25, 0.3) is 10.8 Å². The maximum Gasteiger partial charge on any atom is 0.0802 e. The molecule has 0 aliphatic heterocycles. The van der Waals surface area contributed by atoms with Crippen LogP contribution in [0.3, 0.4) is 0 Å². The molecule has 1 aromatic carbocycles. The fourth-order valence-electron chi connectivity index (χ4n) is 2.70. The second kappa shape index (κ2) is 5.27. The van der Waals surface area contributed by atoms with Gasteiger partial charge in [-0.1, -0.05) is 12.1 Å². The van der Waals surface area contributed by atoms with Crippen LogP contribution in [0, 0.1) is 0 Å². The lowest BCUT2D eigenvalue weighted by atomic mass is 9.80. The third-order valence-corrected chi connectivity index (χ3v) is 4.18. The van der Waals surface area contributed by atoms with Crippen LogP contribution in [0.2, 0.25) is 0 Å². The van der Waals surface area contributed by atoms with E-state index in [2.05, 4.69) is 34.6 Å². The molecule has 1 N–H and O–H groups in total. The zero-order valence-electron chi connectivity index (χ0n) is 11.4. The molecular weight excluding hydrogens is 236 g/mol. The van der Waals surface area contributed by atoms with Crippen LogP contribution >= 0.6 is 0 Å². The molecule has 1 fully saturated rings. The molecule has 1 saturated carbocycles. The van der Waals surface area contributed by atoms with Gasteiger partial charge in [-0.3, -0.25) is 4.98 Å². The molecule has 3 nitrogen and oxygen atoms in total. The number of benzene rings is 1. The van der Waals surface area contributed by atoms with Crippen molar-refractivity contribution in [3.63, 3.8) is 0 Å². The first-order chi connectivity index (χ1) is 9.31. The minimum Gasteiger partial charge on any atom is -0.377 e. The first kappa shape index (κ1) is 12.6. The van der Waals surface area contributed by atoms with E-state index in [0.29, 0.717) is 0 Å². The number of rotatable bonds is 5. The molecule has 100 valence electrons. The van der Waals surface area contributed by atoms with E-state index in [4.69, 9.17) is 4.74 Å². The zero-order chi connectivity index (χ0) is 13.1. The van der Waals surface area contributed by atoms with E-state index in [0.717, 1.165) is 13.1 Å². The van der Waals surface area contributed by atoms with Crippen molar-refractivity contribution in [1.29, 1.82) is 0 Å². The Hall–Kier alpha value is -1.45. The van der Waals surface area contributed by atoms with Gasteiger partial charge in [0.25, 0.3) is 0 Å². The summed E-state index contributed by atoms with van der Waals surface area (Å²) in [7, 11) is 1.82. The summed E-state index contributed by atoms with van der Waals surface area (Å²) < 4.78 is 5.61. The minimum absolute atomic E-state index is 0.0980. The molecule has 0 spiro atoms. The normalized spacial score (nSPS) is 17.3. The van der Waals surface area contributed by atoms with Crippen molar-refractivity contribution in [2.75, 3.05) is 13.7 Å². The first-order valence-corrected chi connectivity index (χ1v) is 6.90. The van der Waals surface area contributed by atoms with E-state index in [1.165, 1.54) is 35.6 Å². The Bertz CT molecular complexity index is 558. The molecule has 0 amide bonds. The number of fused-ring (bicyclic) bond motifs is 1. The number of nitrogens with zero attached hydrogens (tertiary/aromatic N) is 1. The van der Waals surface area contributed by atoms with E-state index < -0.39 is 0 Å². The van der Waals surface area contributed by atoms with Crippen molar-refractivity contribution < 1.29 is 4.74 Å². The lowest BCUT2D eigenvalue weighted by Gasteiger charge is -2.40. The predicted molar refractivity (Wildman–Crippen MR) is 77.0 cm³/mol. The number of hydrogen-bond acceptors (Lipinski definition) is 3. The maximum absolute atomic E-state index is 5.61. The minimum atomic E-state index is 0.0980. The van der Waals surface area contributed by atoms with Crippen molar-refractivity contribution in [3.8, 4) is 0 Å². The number of aromatic nitrogens is 1. The molecule has 0 bridgehead atoms.